The van der Waals surface area contributed by atoms with Crippen LogP contribution in [0, 0.1) is 5.82 Å². The Hall–Kier alpha value is -3.61. The van der Waals surface area contributed by atoms with E-state index >= 15 is 0 Å². The average Bonchev–Trinajstić information content (AvgIpc) is 3.23. The maximum atomic E-state index is 13.2. The van der Waals surface area contributed by atoms with Gasteiger partial charge in [-0.05, 0) is 61.1 Å². The quantitative estimate of drug-likeness (QED) is 0.497. The zero-order valence-corrected chi connectivity index (χ0v) is 17.4. The van der Waals surface area contributed by atoms with Gasteiger partial charge in [0.25, 0.3) is 0 Å². The normalized spacial score (nSPS) is 22.7. The number of nitrogens with zero attached hydrogens (tertiary/aromatic N) is 3. The summed E-state index contributed by atoms with van der Waals surface area (Å²) in [5.41, 5.74) is 4.29. The molecule has 3 heterocycles. The summed E-state index contributed by atoms with van der Waals surface area (Å²) < 4.78 is 13.2. The number of benzene rings is 2. The number of hydrogen-bond donors (Lipinski definition) is 2. The number of carbonyl (C=O) groups is 1. The van der Waals surface area contributed by atoms with Crippen LogP contribution in [0.15, 0.2) is 54.7 Å². The lowest BCUT2D eigenvalue weighted by molar-refractivity contribution is -0.123. The smallest absolute Gasteiger partial charge is 0.225 e. The molecular formula is C25H22FN5O. The van der Waals surface area contributed by atoms with Gasteiger partial charge in [0.05, 0.1) is 18.2 Å². The monoisotopic (exact) mass is 427 g/mol. The summed E-state index contributed by atoms with van der Waals surface area (Å²) in [6, 6.07) is 14.4. The number of imidazole rings is 1. The molecule has 2 aromatic carbocycles. The molecule has 2 aliphatic rings. The predicted molar refractivity (Wildman–Crippen MR) is 118 cm³/mol. The van der Waals surface area contributed by atoms with Crippen LogP contribution < -0.4 is 5.32 Å². The van der Waals surface area contributed by atoms with Crippen molar-refractivity contribution >= 4 is 17.1 Å². The third-order valence-corrected chi connectivity index (χ3v) is 6.85. The number of halogens is 1. The fraction of sp³-hybridized carbons (Fsp3) is 0.280. The number of rotatable bonds is 2. The number of aromatic amines is 1. The Morgan fingerprint density at radius 3 is 2.59 bits per heavy atom. The molecule has 0 unspecified atom stereocenters. The molecule has 0 bridgehead atoms. The second-order valence-corrected chi connectivity index (χ2v) is 8.80. The molecule has 1 saturated carbocycles. The summed E-state index contributed by atoms with van der Waals surface area (Å²) in [6.45, 7) is 0. The van der Waals surface area contributed by atoms with E-state index in [4.69, 9.17) is 4.98 Å². The zero-order valence-electron chi connectivity index (χ0n) is 17.4. The molecule has 0 saturated heterocycles. The summed E-state index contributed by atoms with van der Waals surface area (Å²) in [4.78, 5) is 29.5. The summed E-state index contributed by atoms with van der Waals surface area (Å²) in [5.74, 6) is 1.53. The SMILES string of the molecule is O=C1Cc2ccccc2C2(CCC(c3nc4nc(-c5ccc(F)cc5)ncc4[nH]3)CC2)N1. The highest BCUT2D eigenvalue weighted by atomic mass is 19.1. The van der Waals surface area contributed by atoms with Crippen LogP contribution in [0.25, 0.3) is 22.6 Å². The van der Waals surface area contributed by atoms with Gasteiger partial charge in [-0.1, -0.05) is 24.3 Å². The first-order chi connectivity index (χ1) is 15.6. The largest absolute Gasteiger partial charge is 0.346 e. The molecule has 1 spiro atoms. The number of aromatic nitrogens is 4. The highest BCUT2D eigenvalue weighted by Gasteiger charge is 2.42. The van der Waals surface area contributed by atoms with Crippen molar-refractivity contribution in [1.82, 2.24) is 25.3 Å². The molecule has 7 heteroatoms. The molecule has 160 valence electrons. The van der Waals surface area contributed by atoms with Crippen molar-refractivity contribution in [1.29, 1.82) is 0 Å². The van der Waals surface area contributed by atoms with Gasteiger partial charge in [-0.25, -0.2) is 19.3 Å². The molecule has 1 aliphatic heterocycles. The van der Waals surface area contributed by atoms with Crippen molar-refractivity contribution in [3.05, 3.63) is 77.5 Å². The standard InChI is InChI=1S/C25H22FN5O/c26-18-7-5-15(6-8-18)22-27-14-20-24(29-22)30-23(28-20)16-9-11-25(12-10-16)19-4-2-1-3-17(19)13-21(32)31-25/h1-8,14,16H,9-13H2,(H,31,32)(H,27,28,29,30). The second-order valence-electron chi connectivity index (χ2n) is 8.80. The topological polar surface area (TPSA) is 83.6 Å². The minimum absolute atomic E-state index is 0.106. The Balaban J connectivity index is 1.26. The fourth-order valence-corrected chi connectivity index (χ4v) is 5.23. The van der Waals surface area contributed by atoms with Crippen molar-refractivity contribution in [2.24, 2.45) is 0 Å². The van der Waals surface area contributed by atoms with E-state index in [2.05, 4.69) is 38.5 Å². The summed E-state index contributed by atoms with van der Waals surface area (Å²) >= 11 is 0. The summed E-state index contributed by atoms with van der Waals surface area (Å²) in [7, 11) is 0. The second kappa shape index (κ2) is 7.22. The highest BCUT2D eigenvalue weighted by Crippen LogP contribution is 2.45. The molecule has 6 nitrogen and oxygen atoms in total. The minimum Gasteiger partial charge on any atom is -0.346 e. The van der Waals surface area contributed by atoms with Gasteiger partial charge >= 0.3 is 0 Å². The van der Waals surface area contributed by atoms with Crippen LogP contribution in [0.4, 0.5) is 4.39 Å². The molecule has 6 rings (SSSR count). The van der Waals surface area contributed by atoms with Gasteiger partial charge in [0.2, 0.25) is 5.91 Å². The van der Waals surface area contributed by atoms with Crippen LogP contribution in [0.5, 0.6) is 0 Å². The Morgan fingerprint density at radius 1 is 1.00 bits per heavy atom. The van der Waals surface area contributed by atoms with Crippen molar-refractivity contribution in [2.75, 3.05) is 0 Å². The molecule has 1 aliphatic carbocycles. The fourth-order valence-electron chi connectivity index (χ4n) is 5.23. The van der Waals surface area contributed by atoms with E-state index in [9.17, 15) is 9.18 Å². The number of H-pyrrole nitrogens is 1. The molecule has 2 N–H and O–H groups in total. The van der Waals surface area contributed by atoms with Crippen LogP contribution in [0.1, 0.15) is 48.6 Å². The number of fused-ring (bicyclic) bond motifs is 3. The molecule has 2 aromatic heterocycles. The Bertz CT molecular complexity index is 1320. The average molecular weight is 427 g/mol. The Morgan fingerprint density at radius 2 is 1.78 bits per heavy atom. The Kier molecular flexibility index (Phi) is 4.31. The van der Waals surface area contributed by atoms with Gasteiger partial charge in [0, 0.05) is 11.5 Å². The van der Waals surface area contributed by atoms with Crippen molar-refractivity contribution in [3.63, 3.8) is 0 Å². The maximum absolute atomic E-state index is 13.2. The van der Waals surface area contributed by atoms with Gasteiger partial charge in [-0.2, -0.15) is 0 Å². The van der Waals surface area contributed by atoms with Crippen LogP contribution in [0.3, 0.4) is 0 Å². The van der Waals surface area contributed by atoms with Gasteiger partial charge < -0.3 is 10.3 Å². The molecule has 0 radical (unpaired) electrons. The third kappa shape index (κ3) is 3.16. The lowest BCUT2D eigenvalue weighted by Crippen LogP contribution is -2.52. The molecule has 1 amide bonds. The van der Waals surface area contributed by atoms with Crippen LogP contribution in [0.2, 0.25) is 0 Å². The Labute approximate surface area is 184 Å². The number of hydrogen-bond acceptors (Lipinski definition) is 4. The summed E-state index contributed by atoms with van der Waals surface area (Å²) in [5, 5.41) is 3.30. The van der Waals surface area contributed by atoms with E-state index < -0.39 is 0 Å². The maximum Gasteiger partial charge on any atom is 0.225 e. The molecule has 32 heavy (non-hydrogen) atoms. The highest BCUT2D eigenvalue weighted by molar-refractivity contribution is 5.82. The van der Waals surface area contributed by atoms with Crippen LogP contribution in [-0.4, -0.2) is 25.8 Å². The van der Waals surface area contributed by atoms with Crippen LogP contribution >= 0.6 is 0 Å². The molecule has 4 aromatic rings. The number of nitrogens with one attached hydrogen (secondary N) is 2. The lowest BCUT2D eigenvalue weighted by atomic mass is 9.69. The minimum atomic E-state index is -0.288. The molecule has 0 atom stereocenters. The predicted octanol–water partition coefficient (Wildman–Crippen LogP) is 4.38. The zero-order chi connectivity index (χ0) is 21.7. The molecular weight excluding hydrogens is 405 g/mol. The number of amides is 1. The first-order valence-corrected chi connectivity index (χ1v) is 11.0. The van der Waals surface area contributed by atoms with Gasteiger partial charge in [-0.15, -0.1) is 0 Å². The lowest BCUT2D eigenvalue weighted by Gasteiger charge is -2.44. The third-order valence-electron chi connectivity index (χ3n) is 6.85. The van der Waals surface area contributed by atoms with E-state index in [1.807, 2.05) is 6.07 Å². The van der Waals surface area contributed by atoms with Crippen molar-refractivity contribution in [3.8, 4) is 11.4 Å². The van der Waals surface area contributed by atoms with E-state index in [0.717, 1.165) is 48.2 Å². The van der Waals surface area contributed by atoms with Crippen LogP contribution in [-0.2, 0) is 16.8 Å². The van der Waals surface area contributed by atoms with Gasteiger partial charge in [0.15, 0.2) is 11.5 Å². The van der Waals surface area contributed by atoms with E-state index in [1.54, 1.807) is 18.3 Å². The first-order valence-electron chi connectivity index (χ1n) is 11.0. The van der Waals surface area contributed by atoms with Gasteiger partial charge in [0.1, 0.15) is 17.2 Å². The first kappa shape index (κ1) is 19.1. The van der Waals surface area contributed by atoms with Gasteiger partial charge in [-0.3, -0.25) is 4.79 Å². The van der Waals surface area contributed by atoms with Crippen molar-refractivity contribution < 1.29 is 9.18 Å². The van der Waals surface area contributed by atoms with E-state index in [1.165, 1.54) is 17.7 Å². The van der Waals surface area contributed by atoms with E-state index in [0.29, 0.717) is 17.9 Å². The summed E-state index contributed by atoms with van der Waals surface area (Å²) in [6.07, 6.45) is 5.80. The molecule has 1 fully saturated rings. The van der Waals surface area contributed by atoms with Crippen molar-refractivity contribution in [2.45, 2.75) is 43.6 Å². The van der Waals surface area contributed by atoms with E-state index in [-0.39, 0.29) is 23.2 Å². The number of carbonyl (C=O) groups excluding carboxylic acids is 1.